The summed E-state index contributed by atoms with van der Waals surface area (Å²) in [5.41, 5.74) is 1.73. The Morgan fingerprint density at radius 2 is 1.89 bits per heavy atom. The molecule has 0 aliphatic rings. The van der Waals surface area contributed by atoms with Crippen molar-refractivity contribution in [2.24, 2.45) is 0 Å². The van der Waals surface area contributed by atoms with E-state index in [1.54, 1.807) is 18.2 Å². The van der Waals surface area contributed by atoms with Gasteiger partial charge in [-0.25, -0.2) is 4.98 Å². The molecule has 1 amide bonds. The van der Waals surface area contributed by atoms with Gasteiger partial charge in [-0.2, -0.15) is 0 Å². The van der Waals surface area contributed by atoms with Crippen LogP contribution in [0.25, 0.3) is 0 Å². The van der Waals surface area contributed by atoms with Crippen molar-refractivity contribution in [2.45, 2.75) is 12.8 Å². The monoisotopic (exact) mass is 318 g/mol. The topological polar surface area (TPSA) is 42.0 Å². The molecule has 0 spiro atoms. The lowest BCUT2D eigenvalue weighted by Crippen LogP contribution is -2.25. The number of rotatable bonds is 5. The average molecular weight is 319 g/mol. The zero-order valence-corrected chi connectivity index (χ0v) is 12.1. The number of nitrogens with one attached hydrogen (secondary N) is 1. The van der Waals surface area contributed by atoms with Gasteiger partial charge in [0, 0.05) is 6.54 Å². The summed E-state index contributed by atoms with van der Waals surface area (Å²) in [5, 5.41) is 2.87. The Balaban J connectivity index is 1.75. The number of aromatic nitrogens is 1. The number of amides is 1. The van der Waals surface area contributed by atoms with Gasteiger partial charge in [-0.05, 0) is 46.5 Å². The molecule has 98 valence electrons. The van der Waals surface area contributed by atoms with Crippen molar-refractivity contribution in [1.82, 2.24) is 10.3 Å². The van der Waals surface area contributed by atoms with Crippen LogP contribution in [0.2, 0.25) is 0 Å². The van der Waals surface area contributed by atoms with Crippen molar-refractivity contribution in [1.29, 1.82) is 0 Å². The number of hydrogen-bond acceptors (Lipinski definition) is 2. The van der Waals surface area contributed by atoms with Gasteiger partial charge in [0.15, 0.2) is 0 Å². The molecule has 0 unspecified atom stereocenters. The van der Waals surface area contributed by atoms with E-state index < -0.39 is 0 Å². The minimum absolute atomic E-state index is 0.130. The average Bonchev–Trinajstić information content (AvgIpc) is 2.44. The summed E-state index contributed by atoms with van der Waals surface area (Å²) in [4.78, 5) is 15.9. The van der Waals surface area contributed by atoms with Gasteiger partial charge in [0.05, 0.1) is 0 Å². The summed E-state index contributed by atoms with van der Waals surface area (Å²) in [7, 11) is 0. The molecule has 0 aliphatic carbocycles. The highest BCUT2D eigenvalue weighted by atomic mass is 79.9. The molecule has 2 aromatic rings. The van der Waals surface area contributed by atoms with Gasteiger partial charge in [0.25, 0.3) is 5.91 Å². The molecule has 0 saturated carbocycles. The van der Waals surface area contributed by atoms with E-state index in [4.69, 9.17) is 0 Å². The number of hydrogen-bond donors (Lipinski definition) is 1. The van der Waals surface area contributed by atoms with Crippen molar-refractivity contribution in [3.63, 3.8) is 0 Å². The quantitative estimate of drug-likeness (QED) is 0.679. The van der Waals surface area contributed by atoms with Crippen LogP contribution in [0.4, 0.5) is 0 Å². The molecule has 4 heteroatoms. The number of nitrogens with zero attached hydrogens (tertiary/aromatic N) is 1. The maximum absolute atomic E-state index is 11.8. The van der Waals surface area contributed by atoms with E-state index >= 15 is 0 Å². The SMILES string of the molecule is O=C(NCCCc1ccccc1)c1cccc(Br)n1. The van der Waals surface area contributed by atoms with E-state index in [1.807, 2.05) is 18.2 Å². The van der Waals surface area contributed by atoms with E-state index in [9.17, 15) is 4.79 Å². The van der Waals surface area contributed by atoms with Crippen molar-refractivity contribution < 1.29 is 4.79 Å². The molecular formula is C15H15BrN2O. The molecule has 0 saturated heterocycles. The highest BCUT2D eigenvalue weighted by molar-refractivity contribution is 9.10. The minimum Gasteiger partial charge on any atom is -0.351 e. The van der Waals surface area contributed by atoms with Gasteiger partial charge in [0.2, 0.25) is 0 Å². The van der Waals surface area contributed by atoms with Crippen LogP contribution in [-0.4, -0.2) is 17.4 Å². The Morgan fingerprint density at radius 3 is 2.63 bits per heavy atom. The molecule has 0 aliphatic heterocycles. The molecule has 1 aromatic carbocycles. The van der Waals surface area contributed by atoms with Crippen LogP contribution in [0.5, 0.6) is 0 Å². The van der Waals surface area contributed by atoms with E-state index in [0.29, 0.717) is 16.8 Å². The van der Waals surface area contributed by atoms with E-state index in [1.165, 1.54) is 5.56 Å². The second-order valence-corrected chi connectivity index (χ2v) is 5.00. The Kier molecular flexibility index (Phi) is 5.10. The molecule has 1 N–H and O–H groups in total. The minimum atomic E-state index is -0.130. The molecule has 2 rings (SSSR count). The number of benzene rings is 1. The standard InChI is InChI=1S/C15H15BrN2O/c16-14-10-4-9-13(18-14)15(19)17-11-5-8-12-6-2-1-3-7-12/h1-4,6-7,9-10H,5,8,11H2,(H,17,19). The first-order valence-electron chi connectivity index (χ1n) is 6.20. The molecule has 1 aromatic heterocycles. The van der Waals surface area contributed by atoms with Crippen molar-refractivity contribution in [3.8, 4) is 0 Å². The first-order chi connectivity index (χ1) is 9.25. The third-order valence-corrected chi connectivity index (χ3v) is 3.16. The molecule has 1 heterocycles. The summed E-state index contributed by atoms with van der Waals surface area (Å²) in [5.74, 6) is -0.130. The first kappa shape index (κ1) is 13.7. The summed E-state index contributed by atoms with van der Waals surface area (Å²) in [6.45, 7) is 0.655. The predicted octanol–water partition coefficient (Wildman–Crippen LogP) is 3.21. The van der Waals surface area contributed by atoms with Gasteiger partial charge < -0.3 is 5.32 Å². The maximum Gasteiger partial charge on any atom is 0.269 e. The smallest absolute Gasteiger partial charge is 0.269 e. The molecule has 19 heavy (non-hydrogen) atoms. The Labute approximate surface area is 121 Å². The van der Waals surface area contributed by atoms with Crippen LogP contribution >= 0.6 is 15.9 Å². The van der Waals surface area contributed by atoms with Crippen molar-refractivity contribution >= 4 is 21.8 Å². The van der Waals surface area contributed by atoms with Crippen LogP contribution in [0.3, 0.4) is 0 Å². The molecule has 0 fully saturated rings. The highest BCUT2D eigenvalue weighted by Gasteiger charge is 2.06. The number of halogens is 1. The summed E-state index contributed by atoms with van der Waals surface area (Å²) >= 11 is 3.25. The first-order valence-corrected chi connectivity index (χ1v) is 7.00. The van der Waals surface area contributed by atoms with Crippen LogP contribution in [0, 0.1) is 0 Å². The van der Waals surface area contributed by atoms with Gasteiger partial charge in [-0.3, -0.25) is 4.79 Å². The Bertz CT molecular complexity index is 543. The Hall–Kier alpha value is -1.68. The number of pyridine rings is 1. The third kappa shape index (κ3) is 4.48. The van der Waals surface area contributed by atoms with E-state index in [2.05, 4.69) is 38.4 Å². The lowest BCUT2D eigenvalue weighted by Gasteiger charge is -2.05. The fourth-order valence-electron chi connectivity index (χ4n) is 1.76. The summed E-state index contributed by atoms with van der Waals surface area (Å²) in [6.07, 6.45) is 1.89. The molecule has 0 radical (unpaired) electrons. The molecular weight excluding hydrogens is 304 g/mol. The fraction of sp³-hybridized carbons (Fsp3) is 0.200. The Morgan fingerprint density at radius 1 is 1.11 bits per heavy atom. The van der Waals surface area contributed by atoms with Crippen molar-refractivity contribution in [2.75, 3.05) is 6.54 Å². The number of carbonyl (C=O) groups is 1. The molecule has 3 nitrogen and oxygen atoms in total. The van der Waals surface area contributed by atoms with Crippen molar-refractivity contribution in [3.05, 3.63) is 64.4 Å². The summed E-state index contributed by atoms with van der Waals surface area (Å²) in [6, 6.07) is 15.6. The van der Waals surface area contributed by atoms with Crippen LogP contribution < -0.4 is 5.32 Å². The molecule has 0 bridgehead atoms. The predicted molar refractivity (Wildman–Crippen MR) is 79.0 cm³/mol. The lowest BCUT2D eigenvalue weighted by molar-refractivity contribution is 0.0948. The number of aryl methyl sites for hydroxylation is 1. The second kappa shape index (κ2) is 7.04. The normalized spacial score (nSPS) is 10.2. The maximum atomic E-state index is 11.8. The van der Waals surface area contributed by atoms with Gasteiger partial charge in [-0.15, -0.1) is 0 Å². The van der Waals surface area contributed by atoms with Gasteiger partial charge in [0.1, 0.15) is 10.3 Å². The zero-order chi connectivity index (χ0) is 13.5. The largest absolute Gasteiger partial charge is 0.351 e. The third-order valence-electron chi connectivity index (χ3n) is 2.72. The van der Waals surface area contributed by atoms with Gasteiger partial charge in [-0.1, -0.05) is 36.4 Å². The van der Waals surface area contributed by atoms with E-state index in [0.717, 1.165) is 12.8 Å². The zero-order valence-electron chi connectivity index (χ0n) is 10.5. The second-order valence-electron chi connectivity index (χ2n) is 4.19. The van der Waals surface area contributed by atoms with Crippen LogP contribution in [0.15, 0.2) is 53.1 Å². The summed E-state index contributed by atoms with van der Waals surface area (Å²) < 4.78 is 0.671. The van der Waals surface area contributed by atoms with Gasteiger partial charge >= 0.3 is 0 Å². The molecule has 0 atom stereocenters. The van der Waals surface area contributed by atoms with Crippen LogP contribution in [0.1, 0.15) is 22.5 Å². The fourth-order valence-corrected chi connectivity index (χ4v) is 2.11. The van der Waals surface area contributed by atoms with Crippen LogP contribution in [-0.2, 0) is 6.42 Å². The highest BCUT2D eigenvalue weighted by Crippen LogP contribution is 2.06. The number of carbonyl (C=O) groups excluding carboxylic acids is 1. The lowest BCUT2D eigenvalue weighted by atomic mass is 10.1. The van der Waals surface area contributed by atoms with E-state index in [-0.39, 0.29) is 5.91 Å².